The number of hydrogen-bond donors (Lipinski definition) is 2. The average Bonchev–Trinajstić information content (AvgIpc) is 2.95. The lowest BCUT2D eigenvalue weighted by atomic mass is 9.61. The zero-order chi connectivity index (χ0) is 24.6. The van der Waals surface area contributed by atoms with Crippen molar-refractivity contribution in [2.24, 2.45) is 23.2 Å². The Hall–Kier alpha value is -1.27. The predicted octanol–water partition coefficient (Wildman–Crippen LogP) is 5.58. The maximum atomic E-state index is 12.9. The monoisotopic (exact) mass is 470 g/mol. The lowest BCUT2D eigenvalue weighted by Crippen LogP contribution is -2.55. The van der Waals surface area contributed by atoms with Crippen molar-refractivity contribution in [1.29, 1.82) is 0 Å². The minimum atomic E-state index is -5.98. The molecule has 0 aromatic rings. The van der Waals surface area contributed by atoms with Crippen LogP contribution in [0.25, 0.3) is 0 Å². The van der Waals surface area contributed by atoms with Crippen molar-refractivity contribution >= 4 is 5.78 Å². The number of ketones is 1. The van der Waals surface area contributed by atoms with Gasteiger partial charge in [0.15, 0.2) is 0 Å². The van der Waals surface area contributed by atoms with E-state index in [-0.39, 0.29) is 35.4 Å². The van der Waals surface area contributed by atoms with Crippen LogP contribution in [0.15, 0.2) is 0 Å². The van der Waals surface area contributed by atoms with E-state index in [0.29, 0.717) is 44.9 Å². The summed E-state index contributed by atoms with van der Waals surface area (Å²) in [7, 11) is 0. The highest BCUT2D eigenvalue weighted by Gasteiger charge is 2.70. The Morgan fingerprint density at radius 1 is 1.09 bits per heavy atom. The van der Waals surface area contributed by atoms with Gasteiger partial charge in [-0.2, -0.15) is 26.3 Å². The summed E-state index contributed by atoms with van der Waals surface area (Å²) in [6, 6.07) is 0. The zero-order valence-corrected chi connectivity index (χ0v) is 18.7. The van der Waals surface area contributed by atoms with E-state index in [4.69, 9.17) is 0 Å². The van der Waals surface area contributed by atoms with Gasteiger partial charge in [0.2, 0.25) is 0 Å². The first kappa shape index (κ1) is 27.0. The first-order valence-corrected chi connectivity index (χ1v) is 11.0. The molecular formula is C23H32F6O3. The molecule has 2 rings (SSSR count). The highest BCUT2D eigenvalue weighted by atomic mass is 19.4. The second-order valence-electron chi connectivity index (χ2n) is 10.2. The molecule has 0 spiro atoms. The number of carbonyl (C=O) groups is 1. The molecule has 2 N–H and O–H groups in total. The third-order valence-corrected chi connectivity index (χ3v) is 7.32. The minimum absolute atomic E-state index is 0.0716. The van der Waals surface area contributed by atoms with E-state index in [1.54, 1.807) is 13.8 Å². The molecule has 0 aliphatic heterocycles. The number of rotatable bonds is 6. The van der Waals surface area contributed by atoms with Gasteiger partial charge in [0.25, 0.3) is 0 Å². The van der Waals surface area contributed by atoms with E-state index in [9.17, 15) is 41.4 Å². The van der Waals surface area contributed by atoms with Gasteiger partial charge in [-0.25, -0.2) is 0 Å². The smallest absolute Gasteiger partial charge is 0.390 e. The van der Waals surface area contributed by atoms with Gasteiger partial charge >= 0.3 is 18.0 Å². The van der Waals surface area contributed by atoms with Crippen molar-refractivity contribution in [3.8, 4) is 11.8 Å². The standard InChI is InChI=1S/C23H32F6O3/c1-19(2,31)12-4-7-15(8-5-14-21(32,22(24,25)26)23(27,28)29)16-10-11-17-18(30)9-6-13-20(16,17)3/h15-17,31-32H,4,6-13H2,1-3H3/t15-,16+,17-,20+/m0/s1. The van der Waals surface area contributed by atoms with Gasteiger partial charge in [-0.1, -0.05) is 19.3 Å². The third-order valence-electron chi connectivity index (χ3n) is 7.32. The van der Waals surface area contributed by atoms with Gasteiger partial charge in [0, 0.05) is 18.8 Å². The highest BCUT2D eigenvalue weighted by Crippen LogP contribution is 2.57. The maximum absolute atomic E-state index is 12.9. The molecule has 0 heterocycles. The second-order valence-corrected chi connectivity index (χ2v) is 10.2. The third kappa shape index (κ3) is 5.61. The SMILES string of the molecule is CC(C)(O)CCC[C@@H](CC#CC(O)(C(F)(F)F)C(F)(F)F)[C@H]1CC[C@H]2C(=O)CCC[C@]12C. The van der Waals surface area contributed by atoms with Crippen molar-refractivity contribution in [1.82, 2.24) is 0 Å². The number of fused-ring (bicyclic) bond motifs is 1. The molecule has 0 unspecified atom stereocenters. The van der Waals surface area contributed by atoms with E-state index in [0.717, 1.165) is 12.3 Å². The Balaban J connectivity index is 2.29. The Morgan fingerprint density at radius 2 is 1.69 bits per heavy atom. The second kappa shape index (κ2) is 9.17. The molecule has 0 aromatic heterocycles. The Bertz CT molecular complexity index is 726. The van der Waals surface area contributed by atoms with E-state index in [1.165, 1.54) is 0 Å². The topological polar surface area (TPSA) is 57.5 Å². The maximum Gasteiger partial charge on any atom is 0.438 e. The summed E-state index contributed by atoms with van der Waals surface area (Å²) in [5, 5.41) is 19.3. The Labute approximate surface area is 184 Å². The number of alkyl halides is 6. The summed E-state index contributed by atoms with van der Waals surface area (Å²) in [5.41, 5.74) is -6.40. The molecular weight excluding hydrogens is 438 g/mol. The van der Waals surface area contributed by atoms with E-state index in [1.807, 2.05) is 12.8 Å². The fraction of sp³-hybridized carbons (Fsp3) is 0.870. The summed E-state index contributed by atoms with van der Waals surface area (Å²) >= 11 is 0. The van der Waals surface area contributed by atoms with Crippen LogP contribution in [0.4, 0.5) is 26.3 Å². The summed E-state index contributed by atoms with van der Waals surface area (Å²) in [6.07, 6.45) is -7.51. The van der Waals surface area contributed by atoms with Crippen LogP contribution in [0, 0.1) is 35.0 Å². The summed E-state index contributed by atoms with van der Waals surface area (Å²) in [5.74, 6) is 2.69. The molecule has 2 aliphatic carbocycles. The minimum Gasteiger partial charge on any atom is -0.390 e. The van der Waals surface area contributed by atoms with Crippen LogP contribution < -0.4 is 0 Å². The quantitative estimate of drug-likeness (QED) is 0.394. The first-order valence-electron chi connectivity index (χ1n) is 11.0. The van der Waals surface area contributed by atoms with Crippen LogP contribution in [-0.4, -0.2) is 39.6 Å². The summed E-state index contributed by atoms with van der Waals surface area (Å²) in [6.45, 7) is 5.24. The van der Waals surface area contributed by atoms with Crippen molar-refractivity contribution in [3.05, 3.63) is 0 Å². The Kier molecular flexibility index (Phi) is 7.73. The molecule has 32 heavy (non-hydrogen) atoms. The van der Waals surface area contributed by atoms with Gasteiger partial charge in [-0.05, 0) is 75.5 Å². The number of aliphatic hydroxyl groups is 2. The highest BCUT2D eigenvalue weighted by molar-refractivity contribution is 5.83. The van der Waals surface area contributed by atoms with E-state index in [2.05, 4.69) is 0 Å². The van der Waals surface area contributed by atoms with Gasteiger partial charge in [-0.15, -0.1) is 0 Å². The lowest BCUT2D eigenvalue weighted by Gasteiger charge is -2.43. The molecule has 9 heteroatoms. The Morgan fingerprint density at radius 3 is 2.22 bits per heavy atom. The predicted molar refractivity (Wildman–Crippen MR) is 106 cm³/mol. The largest absolute Gasteiger partial charge is 0.438 e. The number of hydrogen-bond acceptors (Lipinski definition) is 3. The molecule has 4 atom stereocenters. The van der Waals surface area contributed by atoms with Crippen LogP contribution in [0.5, 0.6) is 0 Å². The van der Waals surface area contributed by atoms with Gasteiger partial charge < -0.3 is 10.2 Å². The first-order chi connectivity index (χ1) is 14.4. The van der Waals surface area contributed by atoms with Crippen LogP contribution in [-0.2, 0) is 4.79 Å². The summed E-state index contributed by atoms with van der Waals surface area (Å²) < 4.78 is 77.7. The van der Waals surface area contributed by atoms with Gasteiger partial charge in [0.05, 0.1) is 5.60 Å². The number of halogens is 6. The normalized spacial score (nSPS) is 28.2. The molecule has 0 amide bonds. The van der Waals surface area contributed by atoms with E-state index < -0.39 is 23.6 Å². The van der Waals surface area contributed by atoms with Crippen LogP contribution in [0.2, 0.25) is 0 Å². The van der Waals surface area contributed by atoms with Crippen molar-refractivity contribution in [2.45, 2.75) is 102 Å². The van der Waals surface area contributed by atoms with Gasteiger partial charge in [0.1, 0.15) is 5.78 Å². The molecule has 184 valence electrons. The van der Waals surface area contributed by atoms with E-state index >= 15 is 0 Å². The van der Waals surface area contributed by atoms with Crippen LogP contribution >= 0.6 is 0 Å². The van der Waals surface area contributed by atoms with Crippen LogP contribution in [0.3, 0.4) is 0 Å². The molecule has 3 nitrogen and oxygen atoms in total. The molecule has 2 fully saturated rings. The molecule has 0 saturated heterocycles. The molecule has 2 aliphatic rings. The zero-order valence-electron chi connectivity index (χ0n) is 18.7. The van der Waals surface area contributed by atoms with Crippen molar-refractivity contribution in [3.63, 3.8) is 0 Å². The van der Waals surface area contributed by atoms with Crippen molar-refractivity contribution in [2.75, 3.05) is 0 Å². The lowest BCUT2D eigenvalue weighted by molar-refractivity contribution is -0.343. The van der Waals surface area contributed by atoms with Crippen molar-refractivity contribution < 1.29 is 41.4 Å². The fourth-order valence-electron chi connectivity index (χ4n) is 5.60. The average molecular weight is 470 g/mol. The van der Waals surface area contributed by atoms with Crippen LogP contribution in [0.1, 0.15) is 78.6 Å². The summed E-state index contributed by atoms with van der Waals surface area (Å²) in [4.78, 5) is 12.4. The molecule has 2 saturated carbocycles. The van der Waals surface area contributed by atoms with Gasteiger partial charge in [-0.3, -0.25) is 4.79 Å². The molecule has 0 radical (unpaired) electrons. The molecule has 0 bridgehead atoms. The molecule has 0 aromatic carbocycles. The number of Topliss-reactive ketones (excluding diaryl/α,β-unsaturated/α-hetero) is 1. The fourth-order valence-corrected chi connectivity index (χ4v) is 5.60. The number of carbonyl (C=O) groups excluding carboxylic acids is 1.